The zero-order chi connectivity index (χ0) is 13.8. The fraction of sp³-hybridized carbons (Fsp3) is 0.143. The fourth-order valence-corrected chi connectivity index (χ4v) is 1.74. The number of methoxy groups -OCH3 is 1. The molecule has 0 spiro atoms. The number of amides is 1. The number of nitrogens with one attached hydrogen (secondary N) is 1. The monoisotopic (exact) mass is 257 g/mol. The van der Waals surface area contributed by atoms with Crippen molar-refractivity contribution < 1.29 is 9.53 Å². The second-order valence-electron chi connectivity index (χ2n) is 4.05. The van der Waals surface area contributed by atoms with Crippen molar-refractivity contribution in [1.82, 2.24) is 4.98 Å². The van der Waals surface area contributed by atoms with Crippen molar-refractivity contribution >= 4 is 17.3 Å². The van der Waals surface area contributed by atoms with Crippen molar-refractivity contribution in [1.29, 1.82) is 0 Å². The molecule has 0 aliphatic heterocycles. The van der Waals surface area contributed by atoms with E-state index >= 15 is 0 Å². The third-order valence-electron chi connectivity index (χ3n) is 2.72. The maximum absolute atomic E-state index is 12.2. The summed E-state index contributed by atoms with van der Waals surface area (Å²) in [7, 11) is 1.54. The Hall–Kier alpha value is -2.56. The van der Waals surface area contributed by atoms with Crippen LogP contribution >= 0.6 is 0 Å². The van der Waals surface area contributed by atoms with Gasteiger partial charge in [0.2, 0.25) is 0 Å². The number of ether oxygens (including phenoxy) is 1. The van der Waals surface area contributed by atoms with Crippen molar-refractivity contribution in [3.8, 4) is 5.75 Å². The predicted molar refractivity (Wildman–Crippen MR) is 74.3 cm³/mol. The highest BCUT2D eigenvalue weighted by atomic mass is 16.5. The first kappa shape index (κ1) is 12.9. The summed E-state index contributed by atoms with van der Waals surface area (Å²) in [4.78, 5) is 16.3. The Kier molecular flexibility index (Phi) is 3.66. The first-order chi connectivity index (χ1) is 9.11. The maximum atomic E-state index is 12.2. The van der Waals surface area contributed by atoms with Crippen molar-refractivity contribution in [2.24, 2.45) is 0 Å². The van der Waals surface area contributed by atoms with Gasteiger partial charge in [-0.15, -0.1) is 0 Å². The van der Waals surface area contributed by atoms with Gasteiger partial charge in [0, 0.05) is 17.6 Å². The molecule has 0 radical (unpaired) electrons. The minimum atomic E-state index is -0.241. The Balaban J connectivity index is 2.29. The number of carbonyl (C=O) groups excluding carboxylic acids is 1. The lowest BCUT2D eigenvalue weighted by Gasteiger charge is -2.11. The van der Waals surface area contributed by atoms with Gasteiger partial charge in [0.15, 0.2) is 0 Å². The van der Waals surface area contributed by atoms with Crippen LogP contribution in [-0.4, -0.2) is 18.0 Å². The van der Waals surface area contributed by atoms with Gasteiger partial charge in [0.1, 0.15) is 5.75 Å². The Morgan fingerprint density at radius 1 is 1.37 bits per heavy atom. The summed E-state index contributed by atoms with van der Waals surface area (Å²) in [6, 6.07) is 8.52. The van der Waals surface area contributed by atoms with E-state index in [9.17, 15) is 4.79 Å². The molecule has 0 bridgehead atoms. The quantitative estimate of drug-likeness (QED) is 0.827. The van der Waals surface area contributed by atoms with E-state index < -0.39 is 0 Å². The molecule has 98 valence electrons. The molecule has 0 saturated carbocycles. The molecule has 19 heavy (non-hydrogen) atoms. The van der Waals surface area contributed by atoms with Crippen molar-refractivity contribution in [2.75, 3.05) is 18.2 Å². The Morgan fingerprint density at radius 3 is 2.84 bits per heavy atom. The van der Waals surface area contributed by atoms with Crippen LogP contribution in [0.25, 0.3) is 0 Å². The van der Waals surface area contributed by atoms with Crippen LogP contribution in [0.1, 0.15) is 16.1 Å². The van der Waals surface area contributed by atoms with Crippen LogP contribution in [-0.2, 0) is 0 Å². The molecule has 5 heteroatoms. The number of benzene rings is 1. The van der Waals surface area contributed by atoms with Gasteiger partial charge in [-0.25, -0.2) is 0 Å². The third kappa shape index (κ3) is 2.82. The number of rotatable bonds is 3. The summed E-state index contributed by atoms with van der Waals surface area (Å²) >= 11 is 0. The lowest BCUT2D eigenvalue weighted by molar-refractivity contribution is 0.102. The number of nitrogens with zero attached hydrogens (tertiary/aromatic N) is 1. The standard InChI is InChI=1S/C14H15N3O2/c1-9-11(4-3-7-16-9)14(18)17-12-8-10(15)5-6-13(12)19-2/h3-8H,15H2,1-2H3,(H,17,18). The number of carbonyl (C=O) groups is 1. The molecule has 5 nitrogen and oxygen atoms in total. The minimum Gasteiger partial charge on any atom is -0.495 e. The highest BCUT2D eigenvalue weighted by Gasteiger charge is 2.12. The summed E-state index contributed by atoms with van der Waals surface area (Å²) in [6.07, 6.45) is 1.65. The highest BCUT2D eigenvalue weighted by Crippen LogP contribution is 2.27. The molecule has 0 atom stereocenters. The minimum absolute atomic E-state index is 0.241. The van der Waals surface area contributed by atoms with Gasteiger partial charge in [0.25, 0.3) is 5.91 Å². The molecule has 3 N–H and O–H groups in total. The number of anilines is 2. The van der Waals surface area contributed by atoms with Crippen LogP contribution < -0.4 is 15.8 Å². The van der Waals surface area contributed by atoms with Crippen LogP contribution in [0.4, 0.5) is 11.4 Å². The molecule has 0 aliphatic rings. The van der Waals surface area contributed by atoms with E-state index in [1.165, 1.54) is 7.11 Å². The number of nitrogen functional groups attached to an aromatic ring is 1. The lowest BCUT2D eigenvalue weighted by Crippen LogP contribution is -2.14. The molecule has 0 aliphatic carbocycles. The van der Waals surface area contributed by atoms with Gasteiger partial charge in [-0.1, -0.05) is 0 Å². The number of hydrogen-bond acceptors (Lipinski definition) is 4. The number of aromatic nitrogens is 1. The molecule has 0 unspecified atom stereocenters. The average molecular weight is 257 g/mol. The Morgan fingerprint density at radius 2 is 2.16 bits per heavy atom. The van der Waals surface area contributed by atoms with Gasteiger partial charge in [-0.05, 0) is 37.3 Å². The molecule has 1 heterocycles. The van der Waals surface area contributed by atoms with E-state index in [0.717, 1.165) is 0 Å². The normalized spacial score (nSPS) is 10.0. The smallest absolute Gasteiger partial charge is 0.257 e. The van der Waals surface area contributed by atoms with Crippen LogP contribution in [0.3, 0.4) is 0 Å². The zero-order valence-electron chi connectivity index (χ0n) is 10.8. The van der Waals surface area contributed by atoms with Gasteiger partial charge in [-0.3, -0.25) is 9.78 Å². The molecule has 2 aromatic rings. The summed E-state index contributed by atoms with van der Waals surface area (Å²) in [5.41, 5.74) is 7.99. The second-order valence-corrected chi connectivity index (χ2v) is 4.05. The summed E-state index contributed by atoms with van der Waals surface area (Å²) in [5, 5.41) is 2.78. The number of nitrogens with two attached hydrogens (primary N) is 1. The summed E-state index contributed by atoms with van der Waals surface area (Å²) < 4.78 is 5.18. The van der Waals surface area contributed by atoms with E-state index in [-0.39, 0.29) is 5.91 Å². The van der Waals surface area contributed by atoms with Gasteiger partial charge >= 0.3 is 0 Å². The van der Waals surface area contributed by atoms with Crippen LogP contribution in [0.2, 0.25) is 0 Å². The molecule has 0 fully saturated rings. The van der Waals surface area contributed by atoms with E-state index in [4.69, 9.17) is 10.5 Å². The first-order valence-corrected chi connectivity index (χ1v) is 5.78. The largest absolute Gasteiger partial charge is 0.495 e. The Labute approximate surface area is 111 Å². The topological polar surface area (TPSA) is 77.2 Å². The van der Waals surface area contributed by atoms with E-state index in [0.29, 0.717) is 28.4 Å². The molecule has 2 rings (SSSR count). The van der Waals surface area contributed by atoms with Gasteiger partial charge < -0.3 is 15.8 Å². The molecule has 1 aromatic carbocycles. The van der Waals surface area contributed by atoms with Crippen LogP contribution in [0, 0.1) is 6.92 Å². The van der Waals surface area contributed by atoms with Crippen molar-refractivity contribution in [3.05, 3.63) is 47.8 Å². The summed E-state index contributed by atoms with van der Waals surface area (Å²) in [5.74, 6) is 0.318. The van der Waals surface area contributed by atoms with E-state index in [1.807, 2.05) is 0 Å². The molecular formula is C14H15N3O2. The highest BCUT2D eigenvalue weighted by molar-refractivity contribution is 6.05. The van der Waals surface area contributed by atoms with Gasteiger partial charge in [0.05, 0.1) is 18.4 Å². The number of aryl methyl sites for hydroxylation is 1. The van der Waals surface area contributed by atoms with Gasteiger partial charge in [-0.2, -0.15) is 0 Å². The van der Waals surface area contributed by atoms with E-state index in [2.05, 4.69) is 10.3 Å². The molecule has 1 aromatic heterocycles. The van der Waals surface area contributed by atoms with Crippen LogP contribution in [0.15, 0.2) is 36.5 Å². The number of hydrogen-bond donors (Lipinski definition) is 2. The fourth-order valence-electron chi connectivity index (χ4n) is 1.74. The zero-order valence-corrected chi connectivity index (χ0v) is 10.8. The first-order valence-electron chi connectivity index (χ1n) is 5.78. The average Bonchev–Trinajstić information content (AvgIpc) is 2.39. The molecule has 1 amide bonds. The molecule has 0 saturated heterocycles. The lowest BCUT2D eigenvalue weighted by atomic mass is 10.2. The number of pyridine rings is 1. The van der Waals surface area contributed by atoms with Crippen LogP contribution in [0.5, 0.6) is 5.75 Å². The summed E-state index contributed by atoms with van der Waals surface area (Å²) in [6.45, 7) is 1.78. The van der Waals surface area contributed by atoms with Crippen molar-refractivity contribution in [3.63, 3.8) is 0 Å². The maximum Gasteiger partial charge on any atom is 0.257 e. The molecular weight excluding hydrogens is 242 g/mol. The van der Waals surface area contributed by atoms with Crippen molar-refractivity contribution in [2.45, 2.75) is 6.92 Å². The Bertz CT molecular complexity index is 611. The third-order valence-corrected chi connectivity index (χ3v) is 2.72. The predicted octanol–water partition coefficient (Wildman–Crippen LogP) is 2.23. The van der Waals surface area contributed by atoms with E-state index in [1.54, 1.807) is 43.5 Å². The SMILES string of the molecule is COc1ccc(N)cc1NC(=O)c1cccnc1C. The second kappa shape index (κ2) is 5.39.